The van der Waals surface area contributed by atoms with Gasteiger partial charge in [-0.05, 0) is 25.8 Å². The number of aliphatic hydroxyl groups is 1. The van der Waals surface area contributed by atoms with Crippen LogP contribution in [0.1, 0.15) is 18.4 Å². The molecule has 1 saturated heterocycles. The Kier molecular flexibility index (Phi) is 3.23. The van der Waals surface area contributed by atoms with Crippen molar-refractivity contribution in [1.29, 1.82) is 0 Å². The molecule has 17 heavy (non-hydrogen) atoms. The van der Waals surface area contributed by atoms with E-state index in [-0.39, 0.29) is 5.69 Å². The van der Waals surface area contributed by atoms with Crippen LogP contribution in [-0.4, -0.2) is 34.2 Å². The Balaban J connectivity index is 2.37. The molecule has 92 valence electrons. The molecule has 0 aliphatic carbocycles. The van der Waals surface area contributed by atoms with Gasteiger partial charge in [0, 0.05) is 24.8 Å². The fourth-order valence-electron chi connectivity index (χ4n) is 2.14. The first-order valence-electron chi connectivity index (χ1n) is 5.62. The number of hydrogen-bond donors (Lipinski definition) is 1. The number of nitro groups is 1. The number of aromatic nitrogens is 1. The molecule has 1 N–H and O–H groups in total. The van der Waals surface area contributed by atoms with Crippen molar-refractivity contribution >= 4 is 11.5 Å². The van der Waals surface area contributed by atoms with E-state index in [1.54, 1.807) is 24.1 Å². The Bertz CT molecular complexity index is 436. The summed E-state index contributed by atoms with van der Waals surface area (Å²) in [4.78, 5) is 16.5. The molecule has 0 saturated carbocycles. The summed E-state index contributed by atoms with van der Waals surface area (Å²) < 4.78 is 0. The lowest BCUT2D eigenvalue weighted by Crippen LogP contribution is -2.39. The molecule has 1 aromatic heterocycles. The van der Waals surface area contributed by atoms with Crippen molar-refractivity contribution in [3.05, 3.63) is 27.9 Å². The molecule has 1 atom stereocenters. The Hall–Kier alpha value is -1.69. The summed E-state index contributed by atoms with van der Waals surface area (Å²) in [5.74, 6) is 0.369. The minimum absolute atomic E-state index is 0.0431. The zero-order valence-electron chi connectivity index (χ0n) is 9.67. The second-order valence-corrected chi connectivity index (χ2v) is 4.30. The molecule has 0 amide bonds. The molecule has 0 bridgehead atoms. The largest absolute Gasteiger partial charge is 0.391 e. The Morgan fingerprint density at radius 1 is 1.65 bits per heavy atom. The van der Waals surface area contributed by atoms with E-state index in [4.69, 9.17) is 0 Å². The van der Waals surface area contributed by atoms with E-state index in [2.05, 4.69) is 4.98 Å². The van der Waals surface area contributed by atoms with Crippen LogP contribution < -0.4 is 4.90 Å². The van der Waals surface area contributed by atoms with Gasteiger partial charge in [0.1, 0.15) is 0 Å². The highest BCUT2D eigenvalue weighted by atomic mass is 16.6. The zero-order chi connectivity index (χ0) is 12.4. The molecule has 0 radical (unpaired) electrons. The van der Waals surface area contributed by atoms with Crippen molar-refractivity contribution < 1.29 is 10.0 Å². The number of hydrogen-bond acceptors (Lipinski definition) is 5. The standard InChI is InChI=1S/C11H15N3O3/c1-8-4-5-12-11(10(8)14(16)17)13-6-2-3-9(15)7-13/h4-5,9,15H,2-3,6-7H2,1H3/t9-/m0/s1. The number of pyridine rings is 1. The van der Waals surface area contributed by atoms with Crippen molar-refractivity contribution in [2.24, 2.45) is 0 Å². The maximum atomic E-state index is 11.0. The van der Waals surface area contributed by atoms with E-state index in [9.17, 15) is 15.2 Å². The van der Waals surface area contributed by atoms with E-state index in [1.807, 2.05) is 0 Å². The van der Waals surface area contributed by atoms with Gasteiger partial charge < -0.3 is 10.0 Å². The lowest BCUT2D eigenvalue weighted by Gasteiger charge is -2.30. The van der Waals surface area contributed by atoms with Crippen LogP contribution in [0.3, 0.4) is 0 Å². The molecule has 6 nitrogen and oxygen atoms in total. The van der Waals surface area contributed by atoms with Crippen molar-refractivity contribution in [2.75, 3.05) is 18.0 Å². The lowest BCUT2D eigenvalue weighted by molar-refractivity contribution is -0.384. The molecule has 2 rings (SSSR count). The number of rotatable bonds is 2. The van der Waals surface area contributed by atoms with Crippen molar-refractivity contribution in [1.82, 2.24) is 4.98 Å². The van der Waals surface area contributed by atoms with Crippen LogP contribution in [0.4, 0.5) is 11.5 Å². The van der Waals surface area contributed by atoms with Gasteiger partial charge in [-0.15, -0.1) is 0 Å². The molecular formula is C11H15N3O3. The average molecular weight is 237 g/mol. The van der Waals surface area contributed by atoms with Gasteiger partial charge in [-0.2, -0.15) is 0 Å². The smallest absolute Gasteiger partial charge is 0.314 e. The summed E-state index contributed by atoms with van der Waals surface area (Å²) in [6, 6.07) is 1.63. The maximum absolute atomic E-state index is 11.0. The fourth-order valence-corrected chi connectivity index (χ4v) is 2.14. The van der Waals surface area contributed by atoms with E-state index < -0.39 is 11.0 Å². The third-order valence-electron chi connectivity index (χ3n) is 2.99. The predicted molar refractivity (Wildman–Crippen MR) is 63.1 cm³/mol. The zero-order valence-corrected chi connectivity index (χ0v) is 9.67. The van der Waals surface area contributed by atoms with E-state index >= 15 is 0 Å². The van der Waals surface area contributed by atoms with Crippen LogP contribution in [0.5, 0.6) is 0 Å². The number of aryl methyl sites for hydroxylation is 1. The Morgan fingerprint density at radius 2 is 2.41 bits per heavy atom. The summed E-state index contributed by atoms with van der Waals surface area (Å²) in [6.45, 7) is 2.81. The van der Waals surface area contributed by atoms with Crippen molar-refractivity contribution in [3.63, 3.8) is 0 Å². The van der Waals surface area contributed by atoms with Crippen molar-refractivity contribution in [3.8, 4) is 0 Å². The summed E-state index contributed by atoms with van der Waals surface area (Å²) in [5.41, 5.74) is 0.640. The normalized spacial score (nSPS) is 20.4. The first-order chi connectivity index (χ1) is 8.09. The van der Waals surface area contributed by atoms with E-state index in [0.29, 0.717) is 24.5 Å². The summed E-state index contributed by atoms with van der Waals surface area (Å²) in [7, 11) is 0. The van der Waals surface area contributed by atoms with Crippen LogP contribution in [0.2, 0.25) is 0 Å². The Morgan fingerprint density at radius 3 is 3.06 bits per heavy atom. The number of piperidine rings is 1. The molecule has 1 aromatic rings. The first-order valence-corrected chi connectivity index (χ1v) is 5.62. The van der Waals surface area contributed by atoms with Crippen LogP contribution >= 0.6 is 0 Å². The summed E-state index contributed by atoms with van der Waals surface area (Å²) in [5, 5.41) is 20.6. The minimum atomic E-state index is -0.425. The number of anilines is 1. The molecule has 6 heteroatoms. The fraction of sp³-hybridized carbons (Fsp3) is 0.545. The number of aliphatic hydroxyl groups excluding tert-OH is 1. The van der Waals surface area contributed by atoms with Crippen LogP contribution in [0, 0.1) is 17.0 Å². The third-order valence-corrected chi connectivity index (χ3v) is 2.99. The SMILES string of the molecule is Cc1ccnc(N2CCC[C@H](O)C2)c1[N+](=O)[O-]. The highest BCUT2D eigenvalue weighted by Crippen LogP contribution is 2.30. The van der Waals surface area contributed by atoms with Gasteiger partial charge >= 0.3 is 5.69 Å². The van der Waals surface area contributed by atoms with E-state index in [1.165, 1.54) is 0 Å². The lowest BCUT2D eigenvalue weighted by atomic mass is 10.1. The van der Waals surface area contributed by atoms with Gasteiger partial charge in [0.25, 0.3) is 0 Å². The second kappa shape index (κ2) is 4.67. The van der Waals surface area contributed by atoms with Gasteiger partial charge in [-0.1, -0.05) is 0 Å². The minimum Gasteiger partial charge on any atom is -0.391 e. The molecule has 2 heterocycles. The average Bonchev–Trinajstić information content (AvgIpc) is 2.28. The van der Waals surface area contributed by atoms with Gasteiger partial charge in [-0.25, -0.2) is 4.98 Å². The maximum Gasteiger partial charge on any atom is 0.314 e. The number of nitrogens with zero attached hydrogens (tertiary/aromatic N) is 3. The number of β-amino-alcohol motifs (C(OH)–C–C–N with tert-alkyl or cyclic N) is 1. The molecular weight excluding hydrogens is 222 g/mol. The first kappa shape index (κ1) is 11.8. The molecule has 1 aliphatic heterocycles. The van der Waals surface area contributed by atoms with Crippen LogP contribution in [-0.2, 0) is 0 Å². The molecule has 0 aromatic carbocycles. The summed E-state index contributed by atoms with van der Waals surface area (Å²) >= 11 is 0. The molecule has 0 unspecified atom stereocenters. The van der Waals surface area contributed by atoms with Gasteiger partial charge in [0.2, 0.25) is 5.82 Å². The van der Waals surface area contributed by atoms with E-state index in [0.717, 1.165) is 12.8 Å². The van der Waals surface area contributed by atoms with Gasteiger partial charge in [0.05, 0.1) is 11.0 Å². The highest BCUT2D eigenvalue weighted by Gasteiger charge is 2.27. The van der Waals surface area contributed by atoms with Gasteiger partial charge in [-0.3, -0.25) is 10.1 Å². The van der Waals surface area contributed by atoms with Crippen LogP contribution in [0.25, 0.3) is 0 Å². The highest BCUT2D eigenvalue weighted by molar-refractivity contribution is 5.61. The summed E-state index contributed by atoms with van der Waals surface area (Å²) in [6.07, 6.45) is 2.72. The predicted octanol–water partition coefficient (Wildman–Crippen LogP) is 1.26. The molecule has 1 fully saturated rings. The monoisotopic (exact) mass is 237 g/mol. The van der Waals surface area contributed by atoms with Gasteiger partial charge in [0.15, 0.2) is 0 Å². The second-order valence-electron chi connectivity index (χ2n) is 4.30. The van der Waals surface area contributed by atoms with Crippen molar-refractivity contribution in [2.45, 2.75) is 25.9 Å². The molecule has 0 spiro atoms. The Labute approximate surface area is 99.0 Å². The molecule has 1 aliphatic rings. The third kappa shape index (κ3) is 2.36. The van der Waals surface area contributed by atoms with Crippen LogP contribution in [0.15, 0.2) is 12.3 Å². The quantitative estimate of drug-likeness (QED) is 0.618. The topological polar surface area (TPSA) is 79.5 Å².